The van der Waals surface area contributed by atoms with Crippen molar-refractivity contribution >= 4 is 22.8 Å². The minimum atomic E-state index is -0.415. The van der Waals surface area contributed by atoms with Gasteiger partial charge in [-0.05, 0) is 12.1 Å². The van der Waals surface area contributed by atoms with Gasteiger partial charge in [-0.3, -0.25) is 9.59 Å². The predicted molar refractivity (Wildman–Crippen MR) is 51.6 cm³/mol. The van der Waals surface area contributed by atoms with Crippen LogP contribution in [-0.4, -0.2) is 16.8 Å². The third-order valence-electron chi connectivity index (χ3n) is 1.35. The highest BCUT2D eigenvalue weighted by Gasteiger charge is 2.06. The Morgan fingerprint density at radius 1 is 1.57 bits per heavy atom. The predicted octanol–water partition coefficient (Wildman–Crippen LogP) is 1.60. The topological polar surface area (TPSA) is 56.5 Å². The van der Waals surface area contributed by atoms with Crippen LogP contribution in [0.25, 0.3) is 0 Å². The summed E-state index contributed by atoms with van der Waals surface area (Å²) in [7, 11) is 0. The summed E-state index contributed by atoms with van der Waals surface area (Å²) >= 11 is 0.933. The van der Waals surface area contributed by atoms with Crippen molar-refractivity contribution in [1.29, 1.82) is 0 Å². The molecule has 0 N–H and O–H groups in total. The quantitative estimate of drug-likeness (QED) is 0.712. The Bertz CT molecular complexity index is 305. The largest absolute Gasteiger partial charge is 0.466 e. The molecule has 1 aromatic heterocycles. The van der Waals surface area contributed by atoms with E-state index in [-0.39, 0.29) is 17.5 Å². The van der Waals surface area contributed by atoms with Crippen LogP contribution in [0.4, 0.5) is 0 Å². The molecule has 0 saturated carbocycles. The van der Waals surface area contributed by atoms with Gasteiger partial charge in [0.25, 0.3) is 0 Å². The average molecular weight is 214 g/mol. The van der Waals surface area contributed by atoms with Crippen molar-refractivity contribution in [3.05, 3.63) is 24.2 Å². The summed E-state index contributed by atoms with van der Waals surface area (Å²) in [6, 6.07) is 3.43. The third-order valence-corrected chi connectivity index (χ3v) is 2.14. The fourth-order valence-electron chi connectivity index (χ4n) is 0.749. The van der Waals surface area contributed by atoms with E-state index in [0.29, 0.717) is 5.76 Å². The Balaban J connectivity index is 2.18. The maximum atomic E-state index is 11.0. The number of carbonyl (C=O) groups excluding carboxylic acids is 2. The number of furan rings is 1. The van der Waals surface area contributed by atoms with Gasteiger partial charge in [0.1, 0.15) is 12.4 Å². The molecule has 0 saturated heterocycles. The summed E-state index contributed by atoms with van der Waals surface area (Å²) in [6.45, 7) is 1.52. The second-order valence-corrected chi connectivity index (χ2v) is 3.67. The standard InChI is InChI=1S/C9H10O4S/c1-7(10)14-6-9(11)13-5-8-3-2-4-12-8/h2-4H,5-6H2,1H3. The Morgan fingerprint density at radius 3 is 2.93 bits per heavy atom. The summed E-state index contributed by atoms with van der Waals surface area (Å²) in [6.07, 6.45) is 1.51. The maximum Gasteiger partial charge on any atom is 0.316 e. The molecule has 76 valence electrons. The molecule has 4 nitrogen and oxygen atoms in total. The first kappa shape index (κ1) is 10.8. The van der Waals surface area contributed by atoms with E-state index < -0.39 is 5.97 Å². The zero-order valence-electron chi connectivity index (χ0n) is 7.69. The molecule has 5 heteroatoms. The van der Waals surface area contributed by atoms with Crippen LogP contribution >= 0.6 is 11.8 Å². The van der Waals surface area contributed by atoms with Crippen LogP contribution in [0.1, 0.15) is 12.7 Å². The minimum absolute atomic E-state index is 0.0516. The molecule has 0 unspecified atom stereocenters. The van der Waals surface area contributed by atoms with Crippen LogP contribution in [0.15, 0.2) is 22.8 Å². The number of thioether (sulfide) groups is 1. The van der Waals surface area contributed by atoms with Crippen molar-refractivity contribution in [2.75, 3.05) is 5.75 Å². The van der Waals surface area contributed by atoms with Crippen molar-refractivity contribution < 1.29 is 18.7 Å². The van der Waals surface area contributed by atoms with E-state index >= 15 is 0 Å². The molecule has 0 aromatic carbocycles. The van der Waals surface area contributed by atoms with Crippen molar-refractivity contribution in [2.45, 2.75) is 13.5 Å². The number of hydrogen-bond acceptors (Lipinski definition) is 5. The van der Waals surface area contributed by atoms with Gasteiger partial charge in [0.15, 0.2) is 5.12 Å². The molecule has 1 rings (SSSR count). The van der Waals surface area contributed by atoms with Crippen molar-refractivity contribution in [2.24, 2.45) is 0 Å². The fourth-order valence-corrected chi connectivity index (χ4v) is 1.15. The highest BCUT2D eigenvalue weighted by atomic mass is 32.2. The molecular weight excluding hydrogens is 204 g/mol. The summed E-state index contributed by atoms with van der Waals surface area (Å²) in [4.78, 5) is 21.5. The first-order valence-corrected chi connectivity index (χ1v) is 4.98. The van der Waals surface area contributed by atoms with Gasteiger partial charge in [0.05, 0.1) is 12.0 Å². The SMILES string of the molecule is CC(=O)SCC(=O)OCc1ccco1. The Labute approximate surface area is 85.6 Å². The third kappa shape index (κ3) is 4.13. The zero-order chi connectivity index (χ0) is 10.4. The van der Waals surface area contributed by atoms with E-state index in [1.165, 1.54) is 13.2 Å². The summed E-state index contributed by atoms with van der Waals surface area (Å²) in [5, 5.41) is -0.0973. The Kier molecular flexibility index (Phi) is 4.25. The molecule has 0 amide bonds. The van der Waals surface area contributed by atoms with Crippen LogP contribution in [-0.2, 0) is 20.9 Å². The van der Waals surface area contributed by atoms with Gasteiger partial charge in [-0.15, -0.1) is 0 Å². The molecule has 14 heavy (non-hydrogen) atoms. The molecular formula is C9H10O4S. The van der Waals surface area contributed by atoms with Gasteiger partial charge < -0.3 is 9.15 Å². The Morgan fingerprint density at radius 2 is 2.36 bits per heavy atom. The molecule has 0 radical (unpaired) electrons. The van der Waals surface area contributed by atoms with E-state index in [0.717, 1.165) is 11.8 Å². The number of esters is 1. The smallest absolute Gasteiger partial charge is 0.316 e. The molecule has 0 fully saturated rings. The number of rotatable bonds is 4. The highest BCUT2D eigenvalue weighted by Crippen LogP contribution is 2.05. The molecule has 0 aliphatic heterocycles. The molecule has 1 aromatic rings. The molecule has 0 aliphatic rings. The fraction of sp³-hybridized carbons (Fsp3) is 0.333. The van der Waals surface area contributed by atoms with Crippen LogP contribution < -0.4 is 0 Å². The van der Waals surface area contributed by atoms with Crippen LogP contribution in [0.3, 0.4) is 0 Å². The van der Waals surface area contributed by atoms with E-state index in [2.05, 4.69) is 0 Å². The number of carbonyl (C=O) groups is 2. The van der Waals surface area contributed by atoms with E-state index in [9.17, 15) is 9.59 Å². The minimum Gasteiger partial charge on any atom is -0.466 e. The monoisotopic (exact) mass is 214 g/mol. The summed E-state index contributed by atoms with van der Waals surface area (Å²) in [5.41, 5.74) is 0. The Hall–Kier alpha value is -1.23. The lowest BCUT2D eigenvalue weighted by molar-refractivity contribution is -0.142. The van der Waals surface area contributed by atoms with E-state index in [1.807, 2.05) is 0 Å². The van der Waals surface area contributed by atoms with Crippen LogP contribution in [0.2, 0.25) is 0 Å². The number of hydrogen-bond donors (Lipinski definition) is 0. The lowest BCUT2D eigenvalue weighted by Crippen LogP contribution is -2.08. The van der Waals surface area contributed by atoms with E-state index in [1.54, 1.807) is 12.1 Å². The normalized spacial score (nSPS) is 9.79. The van der Waals surface area contributed by atoms with Crippen LogP contribution in [0.5, 0.6) is 0 Å². The van der Waals surface area contributed by atoms with Gasteiger partial charge in [0, 0.05) is 6.92 Å². The second-order valence-electron chi connectivity index (χ2n) is 2.52. The lowest BCUT2D eigenvalue weighted by atomic mass is 10.5. The molecule has 0 spiro atoms. The van der Waals surface area contributed by atoms with Crippen molar-refractivity contribution in [3.8, 4) is 0 Å². The highest BCUT2D eigenvalue weighted by molar-refractivity contribution is 8.14. The average Bonchev–Trinajstić information content (AvgIpc) is 2.63. The van der Waals surface area contributed by atoms with Gasteiger partial charge in [-0.1, -0.05) is 11.8 Å². The molecule has 0 aliphatic carbocycles. The molecule has 0 atom stereocenters. The van der Waals surface area contributed by atoms with E-state index in [4.69, 9.17) is 9.15 Å². The first-order valence-electron chi connectivity index (χ1n) is 4.00. The van der Waals surface area contributed by atoms with Crippen LogP contribution in [0, 0.1) is 0 Å². The molecule has 0 bridgehead atoms. The molecule has 1 heterocycles. The second kappa shape index (κ2) is 5.49. The van der Waals surface area contributed by atoms with Gasteiger partial charge in [-0.2, -0.15) is 0 Å². The van der Waals surface area contributed by atoms with Crippen molar-refractivity contribution in [3.63, 3.8) is 0 Å². The van der Waals surface area contributed by atoms with Crippen molar-refractivity contribution in [1.82, 2.24) is 0 Å². The van der Waals surface area contributed by atoms with Gasteiger partial charge >= 0.3 is 5.97 Å². The summed E-state index contributed by atoms with van der Waals surface area (Å²) < 4.78 is 9.79. The van der Waals surface area contributed by atoms with Gasteiger partial charge in [-0.25, -0.2) is 0 Å². The summed E-state index contributed by atoms with van der Waals surface area (Å²) in [5.74, 6) is 0.225. The maximum absolute atomic E-state index is 11.0. The van der Waals surface area contributed by atoms with Gasteiger partial charge in [0.2, 0.25) is 0 Å². The lowest BCUT2D eigenvalue weighted by Gasteiger charge is -2.00. The zero-order valence-corrected chi connectivity index (χ0v) is 8.50. The first-order chi connectivity index (χ1) is 6.68. The number of ether oxygens (including phenoxy) is 1.